The summed E-state index contributed by atoms with van der Waals surface area (Å²) in [6, 6.07) is 3.11. The minimum absolute atomic E-state index is 0.0573. The van der Waals surface area contributed by atoms with Crippen LogP contribution < -0.4 is 21.1 Å². The van der Waals surface area contributed by atoms with Gasteiger partial charge in [0.15, 0.2) is 24.1 Å². The summed E-state index contributed by atoms with van der Waals surface area (Å²) >= 11 is 0. The maximum absolute atomic E-state index is 12.4. The summed E-state index contributed by atoms with van der Waals surface area (Å²) in [6.07, 6.45) is 13.0. The molecule has 2 rings (SSSR count). The van der Waals surface area contributed by atoms with Crippen molar-refractivity contribution < 1.29 is 24.5 Å². The monoisotopic (exact) mass is 485 g/mol. The first kappa shape index (κ1) is 28.3. The van der Waals surface area contributed by atoms with Crippen LogP contribution in [0, 0.1) is 5.92 Å². The zero-order valence-corrected chi connectivity index (χ0v) is 20.8. The van der Waals surface area contributed by atoms with Gasteiger partial charge in [-0.05, 0) is 79.8 Å². The zero-order valence-electron chi connectivity index (χ0n) is 20.8. The van der Waals surface area contributed by atoms with Crippen LogP contribution in [0.15, 0.2) is 42.1 Å². The first-order valence-electron chi connectivity index (χ1n) is 12.2. The highest BCUT2D eigenvalue weighted by atomic mass is 16.6. The number of allylic oxidation sites excluding steroid dienone is 3. The third-order valence-electron chi connectivity index (χ3n) is 5.84. The highest BCUT2D eigenvalue weighted by molar-refractivity contribution is 6.06. The highest BCUT2D eigenvalue weighted by Crippen LogP contribution is 2.32. The lowest BCUT2D eigenvalue weighted by Gasteiger charge is -2.16. The number of aliphatic hydroxyl groups excluding tert-OH is 1. The number of carbonyl (C=O) groups excluding carboxylic acids is 2. The Bertz CT molecular complexity index is 939. The fourth-order valence-electron chi connectivity index (χ4n) is 3.95. The van der Waals surface area contributed by atoms with Gasteiger partial charge >= 0.3 is 0 Å². The highest BCUT2D eigenvalue weighted by Gasteiger charge is 2.13. The third-order valence-corrected chi connectivity index (χ3v) is 5.84. The summed E-state index contributed by atoms with van der Waals surface area (Å²) in [6.45, 7) is 2.61. The van der Waals surface area contributed by atoms with E-state index in [0.29, 0.717) is 24.3 Å². The molecule has 0 fully saturated rings. The third kappa shape index (κ3) is 10.5. The van der Waals surface area contributed by atoms with Crippen LogP contribution in [0.1, 0.15) is 56.6 Å². The van der Waals surface area contributed by atoms with Gasteiger partial charge in [-0.3, -0.25) is 9.59 Å². The number of ether oxygens (including phenoxy) is 1. The first-order valence-corrected chi connectivity index (χ1v) is 12.2. The van der Waals surface area contributed by atoms with E-state index in [-0.39, 0.29) is 35.7 Å². The molecule has 8 nitrogen and oxygen atoms in total. The topological polar surface area (TPSA) is 134 Å². The van der Waals surface area contributed by atoms with E-state index in [1.807, 2.05) is 19.2 Å². The van der Waals surface area contributed by atoms with E-state index in [1.165, 1.54) is 6.08 Å². The lowest BCUT2D eigenvalue weighted by atomic mass is 9.97. The van der Waals surface area contributed by atoms with Crippen molar-refractivity contribution in [1.82, 2.24) is 10.6 Å². The first-order chi connectivity index (χ1) is 16.8. The molecule has 0 aliphatic carbocycles. The molecule has 1 aromatic rings. The number of phenolic OH excluding ortho intramolecular Hbond substituents is 1. The second-order valence-corrected chi connectivity index (χ2v) is 9.02. The number of rotatable bonds is 16. The van der Waals surface area contributed by atoms with Crippen molar-refractivity contribution in [2.75, 3.05) is 20.4 Å². The molecular formula is C27H39N3O5. The predicted molar refractivity (Wildman–Crippen MR) is 138 cm³/mol. The summed E-state index contributed by atoms with van der Waals surface area (Å²) in [4.78, 5) is 24.6. The quantitative estimate of drug-likeness (QED) is 0.104. The van der Waals surface area contributed by atoms with E-state index in [4.69, 9.17) is 15.6 Å². The second kappa shape index (κ2) is 15.1. The fraction of sp³-hybridized carbons (Fsp3) is 0.481. The summed E-state index contributed by atoms with van der Waals surface area (Å²) in [7, 11) is 1.95. The van der Waals surface area contributed by atoms with Crippen molar-refractivity contribution >= 4 is 17.6 Å². The molecule has 2 atom stereocenters. The van der Waals surface area contributed by atoms with Gasteiger partial charge in [-0.15, -0.1) is 0 Å². The smallest absolute Gasteiger partial charge is 0.186 e. The summed E-state index contributed by atoms with van der Waals surface area (Å²) < 4.78 is 5.07. The maximum atomic E-state index is 12.4. The second-order valence-electron chi connectivity index (χ2n) is 9.02. The van der Waals surface area contributed by atoms with Crippen LogP contribution in [0.4, 0.5) is 0 Å². The Balaban J connectivity index is 1.95. The molecule has 1 heterocycles. The molecule has 0 radical (unpaired) electrons. The number of Topliss-reactive ketones (excluding diaryl/α,β-unsaturated/α-hetero) is 1. The van der Waals surface area contributed by atoms with Gasteiger partial charge in [0.1, 0.15) is 5.78 Å². The van der Waals surface area contributed by atoms with Crippen LogP contribution in [0.3, 0.4) is 0 Å². The molecule has 1 aromatic carbocycles. The van der Waals surface area contributed by atoms with Gasteiger partial charge in [0.25, 0.3) is 0 Å². The molecule has 0 aromatic heterocycles. The van der Waals surface area contributed by atoms with Crippen molar-refractivity contribution in [1.29, 1.82) is 0 Å². The Morgan fingerprint density at radius 3 is 2.77 bits per heavy atom. The lowest BCUT2D eigenvalue weighted by Crippen LogP contribution is -2.33. The summed E-state index contributed by atoms with van der Waals surface area (Å²) in [5.74, 6) is 0.286. The predicted octanol–water partition coefficient (Wildman–Crippen LogP) is 2.94. The number of aromatic hydroxyl groups is 1. The number of ketones is 2. The van der Waals surface area contributed by atoms with Crippen LogP contribution in [0.2, 0.25) is 0 Å². The van der Waals surface area contributed by atoms with Crippen LogP contribution in [-0.4, -0.2) is 48.3 Å². The number of hydrogen-bond donors (Lipinski definition) is 5. The normalized spacial score (nSPS) is 16.1. The van der Waals surface area contributed by atoms with Crippen molar-refractivity contribution in [3.05, 3.63) is 53.3 Å². The fourth-order valence-corrected chi connectivity index (χ4v) is 3.95. The van der Waals surface area contributed by atoms with Gasteiger partial charge in [0, 0.05) is 12.6 Å². The van der Waals surface area contributed by atoms with E-state index < -0.39 is 6.79 Å². The summed E-state index contributed by atoms with van der Waals surface area (Å²) in [5.41, 5.74) is 8.13. The number of aliphatic hydroxyl groups is 1. The van der Waals surface area contributed by atoms with Crippen LogP contribution >= 0.6 is 0 Å². The molecule has 0 amide bonds. The molecule has 6 N–H and O–H groups in total. The van der Waals surface area contributed by atoms with E-state index in [1.54, 1.807) is 24.4 Å². The van der Waals surface area contributed by atoms with Crippen molar-refractivity contribution in [2.24, 2.45) is 11.7 Å². The number of nitrogens with two attached hydrogens (primary N) is 1. The minimum Gasteiger partial charge on any atom is -0.504 e. The average molecular weight is 486 g/mol. The Labute approximate surface area is 207 Å². The van der Waals surface area contributed by atoms with E-state index in [2.05, 4.69) is 17.6 Å². The van der Waals surface area contributed by atoms with E-state index >= 15 is 0 Å². The van der Waals surface area contributed by atoms with Crippen LogP contribution in [0.5, 0.6) is 11.5 Å². The Morgan fingerprint density at radius 1 is 1.29 bits per heavy atom. The number of carbonyl (C=O) groups is 2. The Hall–Kier alpha value is -2.94. The van der Waals surface area contributed by atoms with E-state index in [0.717, 1.165) is 43.4 Å². The molecule has 192 valence electrons. The largest absolute Gasteiger partial charge is 0.504 e. The standard InChI is InChI=1S/C27H39N3O5/c1-19(16-29-2)6-4-3-5-7-23(32)15-24(33)10-9-21-14-26(35-18-31)25(34)13-22(21)12-20-8-11-27(28)30-17-20/h8-11,13-14,17,19,27,29-31,34H,3-7,12,15-16,18,28H2,1-2H3/b10-9+/t19-,27?/m1/s1. The Morgan fingerprint density at radius 2 is 2.09 bits per heavy atom. The molecule has 1 unspecified atom stereocenters. The molecule has 1 aliphatic rings. The van der Waals surface area contributed by atoms with Crippen LogP contribution in [-0.2, 0) is 16.0 Å². The summed E-state index contributed by atoms with van der Waals surface area (Å²) in [5, 5.41) is 25.5. The van der Waals surface area contributed by atoms with Crippen molar-refractivity contribution in [3.8, 4) is 11.5 Å². The number of phenols is 1. The molecule has 0 spiro atoms. The van der Waals surface area contributed by atoms with Gasteiger partial charge in [0.2, 0.25) is 0 Å². The molecule has 35 heavy (non-hydrogen) atoms. The average Bonchev–Trinajstić information content (AvgIpc) is 2.81. The lowest BCUT2D eigenvalue weighted by molar-refractivity contribution is -0.124. The molecule has 0 saturated carbocycles. The van der Waals surface area contributed by atoms with Gasteiger partial charge in [0.05, 0.1) is 12.6 Å². The maximum Gasteiger partial charge on any atom is 0.186 e. The number of hydrogen-bond acceptors (Lipinski definition) is 8. The SMILES string of the molecule is CNC[C@H](C)CCCCCC(=O)CC(=O)/C=C/c1cc(OCO)c(O)cc1CC1=CNC(N)C=C1. The number of benzene rings is 1. The zero-order chi connectivity index (χ0) is 25.6. The van der Waals surface area contributed by atoms with E-state index in [9.17, 15) is 14.7 Å². The minimum atomic E-state index is -0.590. The molecule has 0 bridgehead atoms. The van der Waals surface area contributed by atoms with Gasteiger partial charge in [-0.2, -0.15) is 0 Å². The Kier molecular flexibility index (Phi) is 12.2. The van der Waals surface area contributed by atoms with Gasteiger partial charge < -0.3 is 31.3 Å². The van der Waals surface area contributed by atoms with Gasteiger partial charge in [-0.25, -0.2) is 0 Å². The van der Waals surface area contributed by atoms with Crippen molar-refractivity contribution in [3.63, 3.8) is 0 Å². The molecule has 1 aliphatic heterocycles. The molecular weight excluding hydrogens is 446 g/mol. The molecule has 0 saturated heterocycles. The molecule has 8 heteroatoms. The van der Waals surface area contributed by atoms with Gasteiger partial charge in [-0.1, -0.05) is 31.9 Å². The number of nitrogens with one attached hydrogen (secondary N) is 2. The number of dihydropyridines is 1. The number of unbranched alkanes of at least 4 members (excludes halogenated alkanes) is 2. The van der Waals surface area contributed by atoms with Crippen molar-refractivity contribution in [2.45, 2.75) is 58.0 Å². The van der Waals surface area contributed by atoms with Crippen LogP contribution in [0.25, 0.3) is 6.08 Å².